The van der Waals surface area contributed by atoms with Crippen LogP contribution in [0.5, 0.6) is 0 Å². The Hall–Kier alpha value is -3.67. The molecule has 0 spiro atoms. The first kappa shape index (κ1) is 16.8. The maximum absolute atomic E-state index is 13.8. The third-order valence-electron chi connectivity index (χ3n) is 4.39. The van der Waals surface area contributed by atoms with Crippen LogP contribution in [0.4, 0.5) is 15.8 Å². The van der Waals surface area contributed by atoms with Crippen molar-refractivity contribution in [3.05, 3.63) is 89.9 Å². The molecule has 0 aliphatic rings. The second-order valence-electron chi connectivity index (χ2n) is 6.21. The van der Waals surface area contributed by atoms with Gasteiger partial charge in [-0.1, -0.05) is 30.3 Å². The van der Waals surface area contributed by atoms with E-state index in [-0.39, 0.29) is 11.7 Å². The molecule has 0 aliphatic heterocycles. The van der Waals surface area contributed by atoms with E-state index >= 15 is 0 Å². The van der Waals surface area contributed by atoms with Gasteiger partial charge in [-0.05, 0) is 42.0 Å². The first-order chi connectivity index (χ1) is 13.1. The van der Waals surface area contributed by atoms with Gasteiger partial charge in [0, 0.05) is 5.56 Å². The number of aromatic nitrogens is 2. The maximum Gasteiger partial charge on any atom is 0.255 e. The largest absolute Gasteiger partial charge is 0.397 e. The fraction of sp³-hybridized carbons (Fsp3) is 0.0476. The molecule has 0 radical (unpaired) electrons. The van der Waals surface area contributed by atoms with E-state index in [1.54, 1.807) is 35.0 Å². The molecule has 0 aliphatic carbocycles. The van der Waals surface area contributed by atoms with Crippen molar-refractivity contribution >= 4 is 28.2 Å². The van der Waals surface area contributed by atoms with Gasteiger partial charge in [0.05, 0.1) is 35.0 Å². The van der Waals surface area contributed by atoms with Gasteiger partial charge < -0.3 is 11.1 Å². The summed E-state index contributed by atoms with van der Waals surface area (Å²) in [6, 6.07) is 19.2. The highest BCUT2D eigenvalue weighted by Gasteiger charge is 2.10. The van der Waals surface area contributed by atoms with Crippen molar-refractivity contribution in [3.8, 4) is 0 Å². The lowest BCUT2D eigenvalue weighted by atomic mass is 10.1. The van der Waals surface area contributed by atoms with Crippen molar-refractivity contribution in [2.75, 3.05) is 11.1 Å². The number of nitrogens with two attached hydrogens (primary N) is 1. The van der Waals surface area contributed by atoms with Gasteiger partial charge >= 0.3 is 0 Å². The molecular formula is C21H17FN4O. The number of hydrogen-bond acceptors (Lipinski definition) is 3. The Labute approximate surface area is 155 Å². The summed E-state index contributed by atoms with van der Waals surface area (Å²) in [6.45, 7) is 0.487. The van der Waals surface area contributed by atoms with Crippen LogP contribution >= 0.6 is 0 Å². The number of nitrogen functional groups attached to an aromatic ring is 1. The van der Waals surface area contributed by atoms with Gasteiger partial charge in [-0.2, -0.15) is 5.10 Å². The third-order valence-corrected chi connectivity index (χ3v) is 4.39. The molecule has 1 amide bonds. The Morgan fingerprint density at radius 3 is 2.59 bits per heavy atom. The Morgan fingerprint density at radius 1 is 1.04 bits per heavy atom. The smallest absolute Gasteiger partial charge is 0.255 e. The zero-order valence-corrected chi connectivity index (χ0v) is 14.4. The fourth-order valence-corrected chi connectivity index (χ4v) is 2.93. The molecule has 3 N–H and O–H groups in total. The number of amides is 1. The average Bonchev–Trinajstić information content (AvgIpc) is 3.08. The van der Waals surface area contributed by atoms with Crippen LogP contribution in [0.3, 0.4) is 0 Å². The van der Waals surface area contributed by atoms with Crippen LogP contribution in [0.1, 0.15) is 15.9 Å². The molecule has 3 aromatic carbocycles. The zero-order valence-electron chi connectivity index (χ0n) is 14.4. The molecule has 134 valence electrons. The lowest BCUT2D eigenvalue weighted by Gasteiger charge is -2.09. The van der Waals surface area contributed by atoms with Crippen molar-refractivity contribution in [2.45, 2.75) is 6.54 Å². The highest BCUT2D eigenvalue weighted by Crippen LogP contribution is 2.20. The van der Waals surface area contributed by atoms with Crippen LogP contribution in [-0.4, -0.2) is 15.7 Å². The predicted octanol–water partition coefficient (Wildman–Crippen LogP) is 4.06. The lowest BCUT2D eigenvalue weighted by molar-refractivity contribution is 0.102. The minimum Gasteiger partial charge on any atom is -0.397 e. The molecule has 0 saturated heterocycles. The normalized spacial score (nSPS) is 10.9. The summed E-state index contributed by atoms with van der Waals surface area (Å²) >= 11 is 0. The average molecular weight is 360 g/mol. The van der Waals surface area contributed by atoms with E-state index in [1.807, 2.05) is 30.3 Å². The van der Waals surface area contributed by atoms with Crippen LogP contribution in [0, 0.1) is 5.82 Å². The number of benzene rings is 3. The minimum absolute atomic E-state index is 0.230. The first-order valence-corrected chi connectivity index (χ1v) is 8.46. The molecule has 6 heteroatoms. The number of nitrogens with zero attached hydrogens (tertiary/aromatic N) is 2. The summed E-state index contributed by atoms with van der Waals surface area (Å²) in [4.78, 5) is 12.4. The summed E-state index contributed by atoms with van der Waals surface area (Å²) < 4.78 is 15.5. The molecule has 1 heterocycles. The molecule has 0 fully saturated rings. The van der Waals surface area contributed by atoms with Gasteiger partial charge in [0.1, 0.15) is 5.82 Å². The molecule has 27 heavy (non-hydrogen) atoms. The standard InChI is InChI=1S/C21H17FN4O/c22-17-4-3-7-20-16(17)12-24-26(20)13-14-8-10-15(11-9-14)21(27)25-19-6-2-1-5-18(19)23/h1-12H,13,23H2,(H,25,27). The molecule has 1 aromatic heterocycles. The van der Waals surface area contributed by atoms with Crippen molar-refractivity contribution < 1.29 is 9.18 Å². The van der Waals surface area contributed by atoms with E-state index in [4.69, 9.17) is 5.73 Å². The summed E-state index contributed by atoms with van der Waals surface area (Å²) in [5.74, 6) is -0.517. The van der Waals surface area contributed by atoms with Crippen LogP contribution in [0.25, 0.3) is 10.9 Å². The SMILES string of the molecule is Nc1ccccc1NC(=O)c1ccc(Cn2ncc3c(F)cccc32)cc1. The molecule has 0 unspecified atom stereocenters. The van der Waals surface area contributed by atoms with Gasteiger partial charge in [0.2, 0.25) is 0 Å². The summed E-state index contributed by atoms with van der Waals surface area (Å²) in [5.41, 5.74) is 9.16. The van der Waals surface area contributed by atoms with E-state index in [0.717, 1.165) is 11.1 Å². The number of nitrogens with one attached hydrogen (secondary N) is 1. The Balaban J connectivity index is 1.51. The van der Waals surface area contributed by atoms with Crippen molar-refractivity contribution in [1.29, 1.82) is 0 Å². The van der Waals surface area contributed by atoms with Gasteiger partial charge in [0.25, 0.3) is 5.91 Å². The summed E-state index contributed by atoms with van der Waals surface area (Å²) in [5, 5.41) is 7.55. The number of fused-ring (bicyclic) bond motifs is 1. The first-order valence-electron chi connectivity index (χ1n) is 8.46. The highest BCUT2D eigenvalue weighted by molar-refractivity contribution is 6.05. The van der Waals surface area contributed by atoms with Gasteiger partial charge in [0.15, 0.2) is 0 Å². The third kappa shape index (κ3) is 3.37. The van der Waals surface area contributed by atoms with Crippen molar-refractivity contribution in [1.82, 2.24) is 9.78 Å². The molecule has 0 bridgehead atoms. The van der Waals surface area contributed by atoms with E-state index in [2.05, 4.69) is 10.4 Å². The van der Waals surface area contributed by atoms with E-state index < -0.39 is 0 Å². The Kier molecular flexibility index (Phi) is 4.30. The molecule has 0 atom stereocenters. The minimum atomic E-state index is -0.286. The van der Waals surface area contributed by atoms with Crippen LogP contribution < -0.4 is 11.1 Å². The molecule has 5 nitrogen and oxygen atoms in total. The Bertz CT molecular complexity index is 1120. The summed E-state index contributed by atoms with van der Waals surface area (Å²) in [7, 11) is 0. The number of anilines is 2. The predicted molar refractivity (Wildman–Crippen MR) is 104 cm³/mol. The van der Waals surface area contributed by atoms with E-state index in [0.29, 0.717) is 28.9 Å². The number of halogens is 1. The van der Waals surface area contributed by atoms with E-state index in [1.165, 1.54) is 12.3 Å². The number of rotatable bonds is 4. The van der Waals surface area contributed by atoms with Crippen LogP contribution in [0.15, 0.2) is 72.9 Å². The van der Waals surface area contributed by atoms with Gasteiger partial charge in [-0.15, -0.1) is 0 Å². The second kappa shape index (κ2) is 6.92. The number of para-hydroxylation sites is 2. The highest BCUT2D eigenvalue weighted by atomic mass is 19.1. The monoisotopic (exact) mass is 360 g/mol. The molecule has 4 rings (SSSR count). The molecular weight excluding hydrogens is 343 g/mol. The Morgan fingerprint density at radius 2 is 1.81 bits per heavy atom. The van der Waals surface area contributed by atoms with Crippen molar-refractivity contribution in [3.63, 3.8) is 0 Å². The quantitative estimate of drug-likeness (QED) is 0.539. The topological polar surface area (TPSA) is 72.9 Å². The molecule has 0 saturated carbocycles. The molecule has 4 aromatic rings. The number of carbonyl (C=O) groups excluding carboxylic acids is 1. The van der Waals surface area contributed by atoms with Crippen LogP contribution in [0.2, 0.25) is 0 Å². The van der Waals surface area contributed by atoms with E-state index in [9.17, 15) is 9.18 Å². The summed E-state index contributed by atoms with van der Waals surface area (Å²) in [6.07, 6.45) is 1.52. The maximum atomic E-state index is 13.8. The number of carbonyl (C=O) groups is 1. The number of hydrogen-bond donors (Lipinski definition) is 2. The van der Waals surface area contributed by atoms with Crippen molar-refractivity contribution in [2.24, 2.45) is 0 Å². The lowest BCUT2D eigenvalue weighted by Crippen LogP contribution is -2.13. The van der Waals surface area contributed by atoms with Crippen LogP contribution in [-0.2, 0) is 6.54 Å². The fourth-order valence-electron chi connectivity index (χ4n) is 2.93. The zero-order chi connectivity index (χ0) is 18.8. The van der Waals surface area contributed by atoms with Gasteiger partial charge in [-0.3, -0.25) is 9.48 Å². The second-order valence-corrected chi connectivity index (χ2v) is 6.21. The van der Waals surface area contributed by atoms with Gasteiger partial charge in [-0.25, -0.2) is 4.39 Å².